The zero-order valence-electron chi connectivity index (χ0n) is 12.3. The van der Waals surface area contributed by atoms with Gasteiger partial charge in [-0.15, -0.1) is 0 Å². The van der Waals surface area contributed by atoms with Crippen molar-refractivity contribution in [2.45, 2.75) is 0 Å². The summed E-state index contributed by atoms with van der Waals surface area (Å²) in [6.07, 6.45) is 0. The first-order valence-corrected chi connectivity index (χ1v) is 8.94. The van der Waals surface area contributed by atoms with Gasteiger partial charge >= 0.3 is 20.8 Å². The van der Waals surface area contributed by atoms with Crippen molar-refractivity contribution in [3.05, 3.63) is 48.5 Å². The van der Waals surface area contributed by atoms with Crippen molar-refractivity contribution in [2.24, 2.45) is 11.8 Å². The number of hydrogen-bond acceptors (Lipinski definition) is 11. The second-order valence-electron chi connectivity index (χ2n) is 4.18. The number of para-hydroxylation sites is 4. The zero-order chi connectivity index (χ0) is 18.5. The molecule has 136 valence electrons. The fraction of sp³-hybridized carbons (Fsp3) is 0. The second kappa shape index (κ2) is 7.54. The highest BCUT2D eigenvalue weighted by atomic mass is 32.3. The Kier molecular flexibility index (Phi) is 5.66. The van der Waals surface area contributed by atoms with Gasteiger partial charge in [0.05, 0.1) is 0 Å². The first-order valence-electron chi connectivity index (χ1n) is 6.28. The van der Waals surface area contributed by atoms with Crippen molar-refractivity contribution < 1.29 is 38.5 Å². The molecule has 0 aliphatic rings. The van der Waals surface area contributed by atoms with Crippen LogP contribution in [0.5, 0.6) is 23.0 Å². The molecule has 2 rings (SSSR count). The van der Waals surface area contributed by atoms with Crippen molar-refractivity contribution in [1.29, 1.82) is 0 Å². The summed E-state index contributed by atoms with van der Waals surface area (Å²) >= 11 is 0. The van der Waals surface area contributed by atoms with E-state index in [0.29, 0.717) is 0 Å². The molecule has 0 aliphatic heterocycles. The summed E-state index contributed by atoms with van der Waals surface area (Å²) in [7, 11) is -10.2. The van der Waals surface area contributed by atoms with Crippen LogP contribution in [-0.2, 0) is 24.4 Å². The Morgan fingerprint density at radius 1 is 0.600 bits per heavy atom. The van der Waals surface area contributed by atoms with Gasteiger partial charge in [0, 0.05) is 0 Å². The van der Waals surface area contributed by atoms with Gasteiger partial charge < -0.3 is 18.0 Å². The monoisotopic (exact) mass is 392 g/mol. The molecule has 0 saturated carbocycles. The Balaban J connectivity index is 2.18. The van der Waals surface area contributed by atoms with Crippen LogP contribution in [0.4, 0.5) is 0 Å². The third kappa shape index (κ3) is 5.20. The van der Waals surface area contributed by atoms with Crippen molar-refractivity contribution in [1.82, 2.24) is 0 Å². The lowest BCUT2D eigenvalue weighted by molar-refractivity contribution is 0.305. The summed E-state index contributed by atoms with van der Waals surface area (Å²) in [5, 5.41) is 0. The van der Waals surface area contributed by atoms with E-state index in [-0.39, 0.29) is 11.5 Å². The molecule has 0 spiro atoms. The van der Waals surface area contributed by atoms with Crippen LogP contribution in [0.15, 0.2) is 48.5 Å². The van der Waals surface area contributed by atoms with Crippen LogP contribution in [-0.4, -0.2) is 16.8 Å². The van der Waals surface area contributed by atoms with Crippen molar-refractivity contribution in [2.75, 3.05) is 0 Å². The topological polar surface area (TPSA) is 166 Å². The molecule has 0 fully saturated rings. The molecule has 2 aromatic rings. The fourth-order valence-corrected chi connectivity index (χ4v) is 3.34. The average molecular weight is 392 g/mol. The van der Waals surface area contributed by atoms with E-state index < -0.39 is 32.3 Å². The van der Waals surface area contributed by atoms with Crippen LogP contribution >= 0.6 is 0 Å². The summed E-state index contributed by atoms with van der Waals surface area (Å²) in [6, 6.07) is 10.6. The Morgan fingerprint density at radius 3 is 1.24 bits per heavy atom. The van der Waals surface area contributed by atoms with E-state index in [4.69, 9.17) is 11.8 Å². The lowest BCUT2D eigenvalue weighted by Crippen LogP contribution is -2.23. The van der Waals surface area contributed by atoms with E-state index in [1.165, 1.54) is 36.4 Å². The van der Waals surface area contributed by atoms with E-state index in [2.05, 4.69) is 21.7 Å². The molecule has 2 aromatic carbocycles. The molecule has 4 N–H and O–H groups in total. The minimum atomic E-state index is -5.09. The first kappa shape index (κ1) is 18.8. The van der Waals surface area contributed by atoms with Crippen molar-refractivity contribution >= 4 is 20.8 Å². The minimum absolute atomic E-state index is 0.171. The molecule has 0 saturated heterocycles. The summed E-state index contributed by atoms with van der Waals surface area (Å²) in [4.78, 5) is 8.78. The molecule has 11 nitrogen and oxygen atoms in total. The van der Waals surface area contributed by atoms with Gasteiger partial charge in [0.1, 0.15) is 0 Å². The van der Waals surface area contributed by atoms with Gasteiger partial charge in [0.2, 0.25) is 0 Å². The molecular weight excluding hydrogens is 380 g/mol. The zero-order valence-corrected chi connectivity index (χ0v) is 13.9. The summed E-state index contributed by atoms with van der Waals surface area (Å²) in [5.74, 6) is 8.76. The summed E-state index contributed by atoms with van der Waals surface area (Å²) in [5.41, 5.74) is 0. The molecular formula is C12H12N2O9S2. The molecule has 0 heterocycles. The Morgan fingerprint density at radius 2 is 0.920 bits per heavy atom. The van der Waals surface area contributed by atoms with Gasteiger partial charge in [-0.1, -0.05) is 27.9 Å². The SMILES string of the molecule is NOc1ccccc1OS(=O)(=O)OS(=O)(=O)Oc1ccccc1ON. The van der Waals surface area contributed by atoms with Crippen LogP contribution in [0.1, 0.15) is 0 Å². The molecule has 0 aromatic heterocycles. The van der Waals surface area contributed by atoms with Crippen molar-refractivity contribution in [3.8, 4) is 23.0 Å². The largest absolute Gasteiger partial charge is 0.466 e. The molecule has 0 atom stereocenters. The van der Waals surface area contributed by atoms with E-state index in [9.17, 15) is 16.8 Å². The standard InChI is InChI=1S/C12H12N2O9S2/c13-19-9-5-1-3-7-11(9)21-24(15,16)23-25(17,18)22-12-8-4-2-6-10(12)20-14/h1-8H,13-14H2. The first-order chi connectivity index (χ1) is 11.8. The van der Waals surface area contributed by atoms with Gasteiger partial charge in [0.25, 0.3) is 0 Å². The van der Waals surface area contributed by atoms with Crippen LogP contribution in [0.25, 0.3) is 0 Å². The lowest BCUT2D eigenvalue weighted by atomic mass is 10.3. The Labute approximate surface area is 143 Å². The van der Waals surface area contributed by atoms with Crippen LogP contribution in [0.3, 0.4) is 0 Å². The average Bonchev–Trinajstić information content (AvgIpc) is 2.54. The number of benzene rings is 2. The maximum atomic E-state index is 11.8. The van der Waals surface area contributed by atoms with Gasteiger partial charge in [-0.05, 0) is 24.3 Å². The molecule has 0 aliphatic carbocycles. The lowest BCUT2D eigenvalue weighted by Gasteiger charge is -2.11. The van der Waals surface area contributed by atoms with Crippen LogP contribution < -0.4 is 29.8 Å². The maximum absolute atomic E-state index is 11.8. The van der Waals surface area contributed by atoms with E-state index in [1.807, 2.05) is 0 Å². The van der Waals surface area contributed by atoms with Crippen LogP contribution in [0.2, 0.25) is 0 Å². The fourth-order valence-electron chi connectivity index (χ4n) is 1.58. The molecule has 0 amide bonds. The van der Waals surface area contributed by atoms with Gasteiger partial charge in [-0.2, -0.15) is 28.6 Å². The Hall–Kier alpha value is -2.58. The molecule has 13 heteroatoms. The number of hydrogen-bond donors (Lipinski definition) is 2. The quantitative estimate of drug-likeness (QED) is 0.587. The van der Waals surface area contributed by atoms with E-state index in [1.54, 1.807) is 0 Å². The van der Waals surface area contributed by atoms with E-state index in [0.717, 1.165) is 12.1 Å². The summed E-state index contributed by atoms with van der Waals surface area (Å²) < 4.78 is 60.0. The maximum Gasteiger partial charge on any atom is 0.466 e. The van der Waals surface area contributed by atoms with Gasteiger partial charge in [-0.25, -0.2) is 0 Å². The smallest absolute Gasteiger partial charge is 0.407 e. The highest BCUT2D eigenvalue weighted by molar-refractivity contribution is 7.95. The summed E-state index contributed by atoms with van der Waals surface area (Å²) in [6.45, 7) is 0. The van der Waals surface area contributed by atoms with Gasteiger partial charge in [-0.3, -0.25) is 0 Å². The third-order valence-corrected chi connectivity index (χ3v) is 4.60. The van der Waals surface area contributed by atoms with Crippen LogP contribution in [0, 0.1) is 0 Å². The van der Waals surface area contributed by atoms with Gasteiger partial charge in [0.15, 0.2) is 23.0 Å². The molecule has 0 radical (unpaired) electrons. The Bertz CT molecular complexity index is 867. The normalized spacial score (nSPS) is 11.6. The highest BCUT2D eigenvalue weighted by Gasteiger charge is 2.29. The minimum Gasteiger partial charge on any atom is -0.407 e. The third-order valence-electron chi connectivity index (χ3n) is 2.50. The van der Waals surface area contributed by atoms with E-state index >= 15 is 0 Å². The van der Waals surface area contributed by atoms with Crippen molar-refractivity contribution in [3.63, 3.8) is 0 Å². The molecule has 0 bridgehead atoms. The molecule has 25 heavy (non-hydrogen) atoms. The number of rotatable bonds is 8. The predicted molar refractivity (Wildman–Crippen MR) is 82.7 cm³/mol. The molecule has 0 unspecified atom stereocenters. The highest BCUT2D eigenvalue weighted by Crippen LogP contribution is 2.29. The number of nitrogens with two attached hydrogens (primary N) is 2. The predicted octanol–water partition coefficient (Wildman–Crippen LogP) is 0.156. The second-order valence-corrected chi connectivity index (χ2v) is 6.69.